The van der Waals surface area contributed by atoms with Crippen LogP contribution in [0.5, 0.6) is 0 Å². The maximum Gasteiger partial charge on any atom is 0.408 e. The zero-order valence-electron chi connectivity index (χ0n) is 12.0. The van der Waals surface area contributed by atoms with E-state index < -0.39 is 11.7 Å². The van der Waals surface area contributed by atoms with Gasteiger partial charge in [0.15, 0.2) is 5.78 Å². The molecule has 104 valence electrons. The Hall–Kier alpha value is -1.06. The van der Waals surface area contributed by atoms with Crippen LogP contribution >= 0.6 is 0 Å². The van der Waals surface area contributed by atoms with Gasteiger partial charge in [-0.25, -0.2) is 4.79 Å². The maximum atomic E-state index is 11.8. The zero-order valence-corrected chi connectivity index (χ0v) is 12.0. The van der Waals surface area contributed by atoms with E-state index in [1.807, 2.05) is 0 Å². The average Bonchev–Trinajstić information content (AvgIpc) is 2.59. The van der Waals surface area contributed by atoms with Gasteiger partial charge in [0.1, 0.15) is 5.60 Å². The fourth-order valence-corrected chi connectivity index (χ4v) is 2.43. The van der Waals surface area contributed by atoms with Crippen molar-refractivity contribution in [3.8, 4) is 0 Å². The monoisotopic (exact) mass is 255 g/mol. The minimum absolute atomic E-state index is 0.0739. The number of carbonyl (C=O) groups is 2. The molecule has 1 N–H and O–H groups in total. The van der Waals surface area contributed by atoms with Crippen LogP contribution in [0.25, 0.3) is 0 Å². The predicted octanol–water partition coefficient (Wildman–Crippen LogP) is 3.05. The molecule has 0 spiro atoms. The van der Waals surface area contributed by atoms with E-state index in [0.717, 1.165) is 12.8 Å². The minimum atomic E-state index is -0.523. The van der Waals surface area contributed by atoms with E-state index in [-0.39, 0.29) is 17.7 Å². The first-order valence-electron chi connectivity index (χ1n) is 6.69. The van der Waals surface area contributed by atoms with E-state index in [9.17, 15) is 9.59 Å². The van der Waals surface area contributed by atoms with Gasteiger partial charge in [-0.1, -0.05) is 19.8 Å². The Kier molecular flexibility index (Phi) is 4.77. The number of ketones is 1. The van der Waals surface area contributed by atoms with E-state index in [2.05, 4.69) is 12.2 Å². The van der Waals surface area contributed by atoms with Gasteiger partial charge < -0.3 is 10.1 Å². The van der Waals surface area contributed by atoms with Crippen molar-refractivity contribution in [2.24, 2.45) is 5.41 Å². The summed E-state index contributed by atoms with van der Waals surface area (Å²) in [6, 6.07) is 0. The molecule has 0 heterocycles. The van der Waals surface area contributed by atoms with E-state index in [4.69, 9.17) is 4.74 Å². The average molecular weight is 255 g/mol. The van der Waals surface area contributed by atoms with E-state index in [1.165, 1.54) is 12.8 Å². The van der Waals surface area contributed by atoms with E-state index in [1.54, 1.807) is 20.8 Å². The molecule has 1 fully saturated rings. The molecule has 0 aromatic carbocycles. The number of ether oxygens (including phenoxy) is 1. The SMILES string of the molecule is CC1(CC(=O)CNC(=O)OC(C)(C)C)CCCC1. The summed E-state index contributed by atoms with van der Waals surface area (Å²) in [7, 11) is 0. The summed E-state index contributed by atoms with van der Waals surface area (Å²) in [5, 5.41) is 2.52. The second-order valence-corrected chi connectivity index (χ2v) is 6.59. The summed E-state index contributed by atoms with van der Waals surface area (Å²) >= 11 is 0. The van der Waals surface area contributed by atoms with E-state index >= 15 is 0 Å². The van der Waals surface area contributed by atoms with Gasteiger partial charge in [0.25, 0.3) is 0 Å². The van der Waals surface area contributed by atoms with Crippen molar-refractivity contribution in [2.45, 2.75) is 65.4 Å². The Morgan fingerprint density at radius 1 is 1.22 bits per heavy atom. The predicted molar refractivity (Wildman–Crippen MR) is 70.4 cm³/mol. The Morgan fingerprint density at radius 3 is 2.28 bits per heavy atom. The summed E-state index contributed by atoms with van der Waals surface area (Å²) in [5.74, 6) is 0.0882. The zero-order chi connectivity index (χ0) is 13.8. The molecule has 18 heavy (non-hydrogen) atoms. The topological polar surface area (TPSA) is 55.4 Å². The lowest BCUT2D eigenvalue weighted by atomic mass is 9.83. The third kappa shape index (κ3) is 5.52. The van der Waals surface area contributed by atoms with Crippen molar-refractivity contribution in [3.63, 3.8) is 0 Å². The number of alkyl carbamates (subject to hydrolysis) is 1. The largest absolute Gasteiger partial charge is 0.444 e. The lowest BCUT2D eigenvalue weighted by Crippen LogP contribution is -2.36. The Labute approximate surface area is 109 Å². The molecular formula is C14H25NO3. The summed E-state index contributed by atoms with van der Waals surface area (Å²) < 4.78 is 5.08. The minimum Gasteiger partial charge on any atom is -0.444 e. The number of amides is 1. The summed E-state index contributed by atoms with van der Waals surface area (Å²) in [6.07, 6.45) is 4.69. The summed E-state index contributed by atoms with van der Waals surface area (Å²) in [4.78, 5) is 23.2. The first-order chi connectivity index (χ1) is 8.20. The third-order valence-corrected chi connectivity index (χ3v) is 3.26. The molecule has 0 atom stereocenters. The van der Waals surface area contributed by atoms with Gasteiger partial charge >= 0.3 is 6.09 Å². The normalized spacial score (nSPS) is 18.4. The van der Waals surface area contributed by atoms with Gasteiger partial charge in [0.05, 0.1) is 6.54 Å². The van der Waals surface area contributed by atoms with Gasteiger partial charge in [0.2, 0.25) is 0 Å². The van der Waals surface area contributed by atoms with Crippen LogP contribution in [0.4, 0.5) is 4.79 Å². The highest BCUT2D eigenvalue weighted by Gasteiger charge is 2.30. The van der Waals surface area contributed by atoms with Crippen molar-refractivity contribution in [2.75, 3.05) is 6.54 Å². The molecule has 0 bridgehead atoms. The molecule has 0 unspecified atom stereocenters. The van der Waals surface area contributed by atoms with Crippen molar-refractivity contribution in [3.05, 3.63) is 0 Å². The first kappa shape index (κ1) is 15.0. The molecule has 0 aromatic heterocycles. The van der Waals surface area contributed by atoms with Crippen molar-refractivity contribution in [1.82, 2.24) is 5.32 Å². The van der Waals surface area contributed by atoms with Gasteiger partial charge in [-0.05, 0) is 39.0 Å². The standard InChI is InChI=1S/C14H25NO3/c1-13(2,3)18-12(17)15-10-11(16)9-14(4)7-5-6-8-14/h5-10H2,1-4H3,(H,15,17). The smallest absolute Gasteiger partial charge is 0.408 e. The summed E-state index contributed by atoms with van der Waals surface area (Å²) in [5.41, 5.74) is -0.378. The van der Waals surface area contributed by atoms with Crippen LogP contribution < -0.4 is 5.32 Å². The van der Waals surface area contributed by atoms with Crippen LogP contribution in [0, 0.1) is 5.41 Å². The number of rotatable bonds is 4. The molecular weight excluding hydrogens is 230 g/mol. The maximum absolute atomic E-state index is 11.8. The highest BCUT2D eigenvalue weighted by molar-refractivity contribution is 5.84. The van der Waals surface area contributed by atoms with Gasteiger partial charge in [-0.15, -0.1) is 0 Å². The first-order valence-corrected chi connectivity index (χ1v) is 6.69. The molecule has 1 saturated carbocycles. The Bertz CT molecular complexity index is 311. The van der Waals surface area contributed by atoms with Crippen molar-refractivity contribution in [1.29, 1.82) is 0 Å². The molecule has 4 nitrogen and oxygen atoms in total. The van der Waals surface area contributed by atoms with Crippen LogP contribution in [0.3, 0.4) is 0 Å². The second-order valence-electron chi connectivity index (χ2n) is 6.59. The van der Waals surface area contributed by atoms with Crippen LogP contribution in [0.1, 0.15) is 59.8 Å². The lowest BCUT2D eigenvalue weighted by Gasteiger charge is -2.23. The van der Waals surface area contributed by atoms with E-state index in [0.29, 0.717) is 6.42 Å². The quantitative estimate of drug-likeness (QED) is 0.840. The molecule has 0 saturated heterocycles. The molecule has 0 radical (unpaired) electrons. The number of Topliss-reactive ketones (excluding diaryl/α,β-unsaturated/α-hetero) is 1. The van der Waals surface area contributed by atoms with Gasteiger partial charge in [0, 0.05) is 6.42 Å². The highest BCUT2D eigenvalue weighted by Crippen LogP contribution is 2.40. The van der Waals surface area contributed by atoms with Crippen LogP contribution in [0.15, 0.2) is 0 Å². The number of carbonyl (C=O) groups excluding carboxylic acids is 2. The van der Waals surface area contributed by atoms with Gasteiger partial charge in [-0.3, -0.25) is 4.79 Å². The van der Waals surface area contributed by atoms with Crippen molar-refractivity contribution < 1.29 is 14.3 Å². The molecule has 1 aliphatic rings. The molecule has 0 aliphatic heterocycles. The molecule has 1 rings (SSSR count). The lowest BCUT2D eigenvalue weighted by molar-refractivity contribution is -0.120. The second kappa shape index (κ2) is 5.72. The van der Waals surface area contributed by atoms with Crippen molar-refractivity contribution >= 4 is 11.9 Å². The number of hydrogen-bond donors (Lipinski definition) is 1. The molecule has 0 aromatic rings. The number of nitrogens with one attached hydrogen (secondary N) is 1. The Morgan fingerprint density at radius 2 is 1.78 bits per heavy atom. The number of hydrogen-bond acceptors (Lipinski definition) is 3. The molecule has 4 heteroatoms. The highest BCUT2D eigenvalue weighted by atomic mass is 16.6. The van der Waals surface area contributed by atoms with Crippen LogP contribution in [-0.2, 0) is 9.53 Å². The van der Waals surface area contributed by atoms with Gasteiger partial charge in [-0.2, -0.15) is 0 Å². The van der Waals surface area contributed by atoms with Crippen LogP contribution in [-0.4, -0.2) is 24.0 Å². The fourth-order valence-electron chi connectivity index (χ4n) is 2.43. The Balaban J connectivity index is 2.27. The fraction of sp³-hybridized carbons (Fsp3) is 0.857. The third-order valence-electron chi connectivity index (χ3n) is 3.26. The van der Waals surface area contributed by atoms with Crippen LogP contribution in [0.2, 0.25) is 0 Å². The summed E-state index contributed by atoms with van der Waals surface area (Å²) in [6.45, 7) is 7.63. The molecule has 1 aliphatic carbocycles. The molecule has 1 amide bonds.